The van der Waals surface area contributed by atoms with Gasteiger partial charge in [-0.15, -0.1) is 0 Å². The van der Waals surface area contributed by atoms with E-state index in [0.29, 0.717) is 6.54 Å². The number of hydrogen-bond donors (Lipinski definition) is 2. The molecule has 0 bridgehead atoms. The van der Waals surface area contributed by atoms with Gasteiger partial charge in [0.15, 0.2) is 0 Å². The van der Waals surface area contributed by atoms with Gasteiger partial charge in [0, 0.05) is 6.92 Å². The number of nitrogens with zero attached hydrogens (tertiary/aromatic N) is 2. The number of carbonyl (C=O) groups excluding carboxylic acids is 1. The van der Waals surface area contributed by atoms with Gasteiger partial charge >= 0.3 is 0 Å². The normalized spacial score (nSPS) is 19.1. The molecule has 17 heavy (non-hydrogen) atoms. The lowest BCUT2D eigenvalue weighted by Gasteiger charge is -2.15. The number of carbonyl (C=O) groups is 1. The molecule has 0 aromatic heterocycles. The Labute approximate surface area is 100 Å². The van der Waals surface area contributed by atoms with Crippen molar-refractivity contribution in [1.29, 1.82) is 0 Å². The minimum Gasteiger partial charge on any atom is -0.351 e. The highest BCUT2D eigenvalue weighted by Crippen LogP contribution is 2.15. The summed E-state index contributed by atoms with van der Waals surface area (Å²) < 4.78 is 0. The quantitative estimate of drug-likeness (QED) is 0.813. The maximum atomic E-state index is 10.9. The third kappa shape index (κ3) is 2.82. The van der Waals surface area contributed by atoms with Gasteiger partial charge in [0.1, 0.15) is 0 Å². The van der Waals surface area contributed by atoms with E-state index in [1.54, 1.807) is 5.12 Å². The summed E-state index contributed by atoms with van der Waals surface area (Å²) in [7, 11) is 0. The average Bonchev–Trinajstić information content (AvgIpc) is 2.69. The SMILES string of the molecule is CC(=O)NCC1=NN(c2ccccc2)NC1C. The fraction of sp³-hybridized carbons (Fsp3) is 0.333. The molecule has 0 radical (unpaired) electrons. The van der Waals surface area contributed by atoms with Crippen LogP contribution < -0.4 is 15.9 Å². The standard InChI is InChI=1S/C12H16N4O/c1-9-12(8-13-10(2)17)15-16(14-9)11-6-4-3-5-7-11/h3-7,9,14H,8H2,1-2H3,(H,13,17). The monoisotopic (exact) mass is 232 g/mol. The molecule has 1 aliphatic rings. The van der Waals surface area contributed by atoms with Crippen molar-refractivity contribution in [1.82, 2.24) is 10.7 Å². The van der Waals surface area contributed by atoms with E-state index in [1.807, 2.05) is 37.3 Å². The molecule has 5 heteroatoms. The van der Waals surface area contributed by atoms with Gasteiger partial charge in [-0.05, 0) is 19.1 Å². The lowest BCUT2D eigenvalue weighted by atomic mass is 10.2. The molecule has 1 aliphatic heterocycles. The summed E-state index contributed by atoms with van der Waals surface area (Å²) in [5.41, 5.74) is 5.13. The summed E-state index contributed by atoms with van der Waals surface area (Å²) in [6.45, 7) is 4.00. The Hall–Kier alpha value is -1.88. The van der Waals surface area contributed by atoms with Crippen LogP contribution in [-0.2, 0) is 4.79 Å². The first-order chi connectivity index (χ1) is 8.16. The largest absolute Gasteiger partial charge is 0.351 e. The number of benzene rings is 1. The van der Waals surface area contributed by atoms with Gasteiger partial charge in [-0.1, -0.05) is 18.2 Å². The maximum Gasteiger partial charge on any atom is 0.217 e. The first kappa shape index (κ1) is 11.6. The molecular weight excluding hydrogens is 216 g/mol. The van der Waals surface area contributed by atoms with Crippen LogP contribution in [0.5, 0.6) is 0 Å². The highest BCUT2D eigenvalue weighted by atomic mass is 16.1. The third-order valence-corrected chi connectivity index (χ3v) is 2.56. The van der Waals surface area contributed by atoms with Crippen LogP contribution in [0.15, 0.2) is 35.4 Å². The van der Waals surface area contributed by atoms with Gasteiger partial charge in [-0.25, -0.2) is 5.43 Å². The van der Waals surface area contributed by atoms with Gasteiger partial charge in [0.25, 0.3) is 0 Å². The van der Waals surface area contributed by atoms with E-state index >= 15 is 0 Å². The minimum atomic E-state index is -0.0435. The first-order valence-electron chi connectivity index (χ1n) is 5.60. The molecule has 1 unspecified atom stereocenters. The van der Waals surface area contributed by atoms with Gasteiger partial charge < -0.3 is 5.32 Å². The number of para-hydroxylation sites is 1. The lowest BCUT2D eigenvalue weighted by Crippen LogP contribution is -2.39. The predicted molar refractivity (Wildman–Crippen MR) is 67.6 cm³/mol. The Morgan fingerprint density at radius 1 is 1.47 bits per heavy atom. The van der Waals surface area contributed by atoms with Gasteiger partial charge in [0.05, 0.1) is 24.0 Å². The Kier molecular flexibility index (Phi) is 3.39. The maximum absolute atomic E-state index is 10.9. The first-order valence-corrected chi connectivity index (χ1v) is 5.60. The summed E-state index contributed by atoms with van der Waals surface area (Å²) >= 11 is 0. The summed E-state index contributed by atoms with van der Waals surface area (Å²) in [6, 6.07) is 9.97. The topological polar surface area (TPSA) is 56.7 Å². The van der Waals surface area contributed by atoms with Crippen LogP contribution in [0, 0.1) is 0 Å². The molecule has 0 saturated carbocycles. The van der Waals surface area contributed by atoms with Gasteiger partial charge in [-0.3, -0.25) is 4.79 Å². The molecule has 0 fully saturated rings. The van der Waals surface area contributed by atoms with Crippen molar-refractivity contribution >= 4 is 17.3 Å². The summed E-state index contributed by atoms with van der Waals surface area (Å²) in [4.78, 5) is 10.9. The van der Waals surface area contributed by atoms with E-state index in [9.17, 15) is 4.79 Å². The highest BCUT2D eigenvalue weighted by molar-refractivity contribution is 5.95. The zero-order valence-corrected chi connectivity index (χ0v) is 9.97. The Morgan fingerprint density at radius 2 is 2.18 bits per heavy atom. The van der Waals surface area contributed by atoms with Crippen LogP contribution in [0.1, 0.15) is 13.8 Å². The molecule has 0 saturated heterocycles. The van der Waals surface area contributed by atoms with Gasteiger partial charge in [0.2, 0.25) is 5.91 Å². The van der Waals surface area contributed by atoms with Crippen LogP contribution in [0.2, 0.25) is 0 Å². The molecule has 1 heterocycles. The second-order valence-corrected chi connectivity index (χ2v) is 4.00. The van der Waals surface area contributed by atoms with E-state index in [-0.39, 0.29) is 11.9 Å². The van der Waals surface area contributed by atoms with Crippen molar-refractivity contribution in [2.45, 2.75) is 19.9 Å². The number of rotatable bonds is 3. The number of amides is 1. The average molecular weight is 232 g/mol. The molecule has 0 spiro atoms. The van der Waals surface area contributed by atoms with Crippen LogP contribution in [0.3, 0.4) is 0 Å². The van der Waals surface area contributed by atoms with E-state index in [2.05, 4.69) is 15.8 Å². The summed E-state index contributed by atoms with van der Waals surface area (Å²) in [5, 5.41) is 8.93. The fourth-order valence-electron chi connectivity index (χ4n) is 1.61. The van der Waals surface area contributed by atoms with Crippen molar-refractivity contribution in [2.24, 2.45) is 5.10 Å². The second-order valence-electron chi connectivity index (χ2n) is 4.00. The molecule has 5 nitrogen and oxygen atoms in total. The van der Waals surface area contributed by atoms with E-state index in [1.165, 1.54) is 6.92 Å². The second kappa shape index (κ2) is 4.97. The third-order valence-electron chi connectivity index (χ3n) is 2.56. The lowest BCUT2D eigenvalue weighted by molar-refractivity contribution is -0.118. The summed E-state index contributed by atoms with van der Waals surface area (Å²) in [6.07, 6.45) is 0. The van der Waals surface area contributed by atoms with Crippen LogP contribution in [0.4, 0.5) is 5.69 Å². The highest BCUT2D eigenvalue weighted by Gasteiger charge is 2.22. The number of hydrogen-bond acceptors (Lipinski definition) is 4. The molecule has 1 amide bonds. The van der Waals surface area contributed by atoms with Crippen LogP contribution >= 0.6 is 0 Å². The molecule has 2 N–H and O–H groups in total. The smallest absolute Gasteiger partial charge is 0.217 e. The number of hydrazine groups is 1. The van der Waals surface area contributed by atoms with Crippen molar-refractivity contribution < 1.29 is 4.79 Å². The fourth-order valence-corrected chi connectivity index (χ4v) is 1.61. The minimum absolute atomic E-state index is 0.0435. The molecule has 2 rings (SSSR count). The summed E-state index contributed by atoms with van der Waals surface area (Å²) in [5.74, 6) is -0.0435. The Balaban J connectivity index is 2.06. The van der Waals surface area contributed by atoms with Crippen molar-refractivity contribution in [3.8, 4) is 0 Å². The predicted octanol–water partition coefficient (Wildman–Crippen LogP) is 0.892. The molecule has 90 valence electrons. The molecule has 0 aliphatic carbocycles. The molecule has 1 aromatic rings. The van der Waals surface area contributed by atoms with E-state index in [4.69, 9.17) is 0 Å². The van der Waals surface area contributed by atoms with E-state index in [0.717, 1.165) is 11.4 Å². The van der Waals surface area contributed by atoms with Gasteiger partial charge in [-0.2, -0.15) is 10.2 Å². The molecular formula is C12H16N4O. The zero-order chi connectivity index (χ0) is 12.3. The number of hydrazone groups is 1. The van der Waals surface area contributed by atoms with Crippen LogP contribution in [0.25, 0.3) is 0 Å². The Morgan fingerprint density at radius 3 is 2.82 bits per heavy atom. The number of anilines is 1. The molecule has 1 atom stereocenters. The van der Waals surface area contributed by atoms with Crippen molar-refractivity contribution in [2.75, 3.05) is 11.7 Å². The molecule has 1 aromatic carbocycles. The van der Waals surface area contributed by atoms with Crippen molar-refractivity contribution in [3.63, 3.8) is 0 Å². The van der Waals surface area contributed by atoms with E-state index < -0.39 is 0 Å². The number of nitrogens with one attached hydrogen (secondary N) is 2. The Bertz CT molecular complexity index is 429. The van der Waals surface area contributed by atoms with Crippen LogP contribution in [-0.4, -0.2) is 24.2 Å². The zero-order valence-electron chi connectivity index (χ0n) is 9.97. The van der Waals surface area contributed by atoms with Crippen molar-refractivity contribution in [3.05, 3.63) is 30.3 Å².